The third-order valence-electron chi connectivity index (χ3n) is 2.02. The van der Waals surface area contributed by atoms with Crippen molar-refractivity contribution in [2.45, 2.75) is 18.7 Å². The van der Waals surface area contributed by atoms with Crippen molar-refractivity contribution in [3.63, 3.8) is 0 Å². The van der Waals surface area contributed by atoms with Crippen molar-refractivity contribution in [1.82, 2.24) is 20.1 Å². The number of nitrogens with one attached hydrogen (secondary N) is 2. The monoisotopic (exact) mass is 284 g/mol. The molecule has 19 heavy (non-hydrogen) atoms. The Morgan fingerprint density at radius 3 is 2.53 bits per heavy atom. The largest absolute Gasteiger partial charge is 0.355 e. The molecule has 2 heterocycles. The molecular formula is C9H12N6O3S. The number of aryl methyl sites for hydroxylation is 1. The first-order valence-corrected chi connectivity index (χ1v) is 6.88. The number of aromatic nitrogens is 4. The average molecular weight is 284 g/mol. The Labute approximate surface area is 109 Å². The van der Waals surface area contributed by atoms with Crippen molar-refractivity contribution in [3.8, 4) is 0 Å². The Bertz CT molecular complexity index is 651. The summed E-state index contributed by atoms with van der Waals surface area (Å²) in [6.45, 7) is 4.11. The molecule has 0 aliphatic heterocycles. The number of nitrogens with zero attached hydrogens (tertiary/aromatic N) is 4. The molecule has 0 aromatic carbocycles. The number of anilines is 2. The molecule has 2 aromatic heterocycles. The lowest BCUT2D eigenvalue weighted by atomic mass is 10.6. The summed E-state index contributed by atoms with van der Waals surface area (Å²) in [7, 11) is -3.83. The SMILES string of the molecule is CCNc1ncc(S(=O)(=O)Nc2nc(C)no2)cn1. The van der Waals surface area contributed by atoms with E-state index in [9.17, 15) is 8.42 Å². The van der Waals surface area contributed by atoms with Gasteiger partial charge in [0.05, 0.1) is 12.4 Å². The summed E-state index contributed by atoms with van der Waals surface area (Å²) in [6, 6.07) is -0.201. The molecule has 0 aliphatic rings. The molecular weight excluding hydrogens is 272 g/mol. The Balaban J connectivity index is 2.19. The average Bonchev–Trinajstić information content (AvgIpc) is 2.75. The van der Waals surface area contributed by atoms with Crippen molar-refractivity contribution in [2.24, 2.45) is 0 Å². The maximum Gasteiger partial charge on any atom is 0.335 e. The van der Waals surface area contributed by atoms with E-state index < -0.39 is 10.0 Å². The maximum atomic E-state index is 11.9. The molecule has 0 saturated carbocycles. The van der Waals surface area contributed by atoms with Crippen LogP contribution in [0.15, 0.2) is 21.8 Å². The van der Waals surface area contributed by atoms with Gasteiger partial charge in [-0.25, -0.2) is 23.1 Å². The minimum Gasteiger partial charge on any atom is -0.355 e. The molecule has 0 radical (unpaired) electrons. The highest BCUT2D eigenvalue weighted by molar-refractivity contribution is 7.92. The lowest BCUT2D eigenvalue weighted by Crippen LogP contribution is -2.14. The van der Waals surface area contributed by atoms with E-state index in [1.807, 2.05) is 6.92 Å². The number of hydrogen-bond donors (Lipinski definition) is 2. The van der Waals surface area contributed by atoms with E-state index in [-0.39, 0.29) is 10.9 Å². The van der Waals surface area contributed by atoms with Crippen LogP contribution in [-0.4, -0.2) is 35.1 Å². The first-order chi connectivity index (χ1) is 9.01. The lowest BCUT2D eigenvalue weighted by Gasteiger charge is -2.04. The third kappa shape index (κ3) is 3.16. The molecule has 9 nitrogen and oxygen atoms in total. The van der Waals surface area contributed by atoms with Crippen LogP contribution in [0.1, 0.15) is 12.7 Å². The van der Waals surface area contributed by atoms with Gasteiger partial charge in [0.1, 0.15) is 4.90 Å². The van der Waals surface area contributed by atoms with Crippen LogP contribution in [0.3, 0.4) is 0 Å². The summed E-state index contributed by atoms with van der Waals surface area (Å²) >= 11 is 0. The van der Waals surface area contributed by atoms with E-state index in [0.29, 0.717) is 18.3 Å². The molecule has 2 N–H and O–H groups in total. The Kier molecular flexibility index (Phi) is 3.60. The van der Waals surface area contributed by atoms with Gasteiger partial charge in [-0.1, -0.05) is 5.16 Å². The van der Waals surface area contributed by atoms with E-state index in [1.165, 1.54) is 12.4 Å². The second-order valence-electron chi connectivity index (χ2n) is 3.52. The molecule has 0 spiro atoms. The number of hydrogen-bond acceptors (Lipinski definition) is 8. The predicted octanol–water partition coefficient (Wildman–Crippen LogP) is 0.401. The number of rotatable bonds is 5. The van der Waals surface area contributed by atoms with Crippen LogP contribution >= 0.6 is 0 Å². The maximum absolute atomic E-state index is 11.9. The van der Waals surface area contributed by atoms with Crippen LogP contribution < -0.4 is 10.0 Å². The summed E-state index contributed by atoms with van der Waals surface area (Å²) < 4.78 is 30.7. The molecule has 2 aromatic rings. The topological polar surface area (TPSA) is 123 Å². The smallest absolute Gasteiger partial charge is 0.335 e. The van der Waals surface area contributed by atoms with Crippen LogP contribution in [0.5, 0.6) is 0 Å². The Hall–Kier alpha value is -2.23. The second kappa shape index (κ2) is 5.18. The first-order valence-electron chi connectivity index (χ1n) is 5.40. The Morgan fingerprint density at radius 2 is 2.00 bits per heavy atom. The molecule has 0 saturated heterocycles. The molecule has 0 fully saturated rings. The summed E-state index contributed by atoms with van der Waals surface area (Å²) in [5, 5.41) is 6.34. The highest BCUT2D eigenvalue weighted by atomic mass is 32.2. The van der Waals surface area contributed by atoms with Gasteiger partial charge < -0.3 is 9.84 Å². The summed E-state index contributed by atoms with van der Waals surface area (Å²) in [6.07, 6.45) is 2.38. The van der Waals surface area contributed by atoms with Crippen molar-refractivity contribution in [3.05, 3.63) is 18.2 Å². The van der Waals surface area contributed by atoms with Gasteiger partial charge in [0.15, 0.2) is 5.82 Å². The Morgan fingerprint density at radius 1 is 1.32 bits per heavy atom. The summed E-state index contributed by atoms with van der Waals surface area (Å²) in [5.41, 5.74) is 0. The van der Waals surface area contributed by atoms with Gasteiger partial charge in [-0.3, -0.25) is 0 Å². The van der Waals surface area contributed by atoms with Crippen molar-refractivity contribution in [2.75, 3.05) is 16.6 Å². The fraction of sp³-hybridized carbons (Fsp3) is 0.333. The molecule has 0 bridgehead atoms. The molecule has 102 valence electrons. The van der Waals surface area contributed by atoms with Crippen molar-refractivity contribution >= 4 is 22.0 Å². The zero-order chi connectivity index (χ0) is 13.9. The van der Waals surface area contributed by atoms with E-state index in [0.717, 1.165) is 0 Å². The van der Waals surface area contributed by atoms with E-state index in [4.69, 9.17) is 0 Å². The first kappa shape index (κ1) is 13.2. The van der Waals surface area contributed by atoms with Crippen LogP contribution in [0.4, 0.5) is 12.0 Å². The van der Waals surface area contributed by atoms with Gasteiger partial charge in [-0.2, -0.15) is 4.98 Å². The minimum absolute atomic E-state index is 0.0926. The minimum atomic E-state index is -3.83. The van der Waals surface area contributed by atoms with Crippen LogP contribution in [0, 0.1) is 6.92 Å². The zero-order valence-electron chi connectivity index (χ0n) is 10.3. The van der Waals surface area contributed by atoms with Gasteiger partial charge in [0.2, 0.25) is 5.95 Å². The molecule has 0 atom stereocenters. The quantitative estimate of drug-likeness (QED) is 0.808. The standard InChI is InChI=1S/C9H12N6O3S/c1-3-10-8-11-4-7(5-12-8)19(16,17)15-9-13-6(2)14-18-9/h4-5H,3H2,1-2H3,(H,10,11,12)(H,13,14,15). The van der Waals surface area contributed by atoms with Gasteiger partial charge in [-0.15, -0.1) is 0 Å². The molecule has 0 aliphatic carbocycles. The number of sulfonamides is 1. The van der Waals surface area contributed by atoms with Crippen molar-refractivity contribution < 1.29 is 12.9 Å². The highest BCUT2D eigenvalue weighted by Crippen LogP contribution is 2.13. The van der Waals surface area contributed by atoms with E-state index in [1.54, 1.807) is 6.92 Å². The fourth-order valence-corrected chi connectivity index (χ4v) is 2.03. The van der Waals surface area contributed by atoms with Gasteiger partial charge >= 0.3 is 6.01 Å². The summed E-state index contributed by atoms with van der Waals surface area (Å²) in [4.78, 5) is 11.4. The normalized spacial score (nSPS) is 11.3. The molecule has 0 amide bonds. The third-order valence-corrected chi connectivity index (χ3v) is 3.30. The van der Waals surface area contributed by atoms with E-state index >= 15 is 0 Å². The van der Waals surface area contributed by atoms with Gasteiger partial charge in [0.25, 0.3) is 10.0 Å². The van der Waals surface area contributed by atoms with E-state index in [2.05, 4.69) is 34.7 Å². The molecule has 0 unspecified atom stereocenters. The second-order valence-corrected chi connectivity index (χ2v) is 5.21. The lowest BCUT2D eigenvalue weighted by molar-refractivity contribution is 0.429. The predicted molar refractivity (Wildman–Crippen MR) is 66.0 cm³/mol. The van der Waals surface area contributed by atoms with Crippen LogP contribution in [-0.2, 0) is 10.0 Å². The molecule has 10 heteroatoms. The van der Waals surface area contributed by atoms with Gasteiger partial charge in [0, 0.05) is 6.54 Å². The van der Waals surface area contributed by atoms with Crippen molar-refractivity contribution in [1.29, 1.82) is 0 Å². The zero-order valence-corrected chi connectivity index (χ0v) is 11.1. The summed E-state index contributed by atoms with van der Waals surface area (Å²) in [5.74, 6) is 0.687. The van der Waals surface area contributed by atoms with Gasteiger partial charge in [-0.05, 0) is 13.8 Å². The molecule has 2 rings (SSSR count). The van der Waals surface area contributed by atoms with Crippen LogP contribution in [0.25, 0.3) is 0 Å². The fourth-order valence-electron chi connectivity index (χ4n) is 1.22. The highest BCUT2D eigenvalue weighted by Gasteiger charge is 2.18. The van der Waals surface area contributed by atoms with Crippen LogP contribution in [0.2, 0.25) is 0 Å².